The van der Waals surface area contributed by atoms with E-state index < -0.39 is 0 Å². The molecule has 0 aromatic heterocycles. The second kappa shape index (κ2) is 1.85. The largest absolute Gasteiger partial charge is 0.198 e. The predicted octanol–water partition coefficient (Wildman–Crippen LogP) is 1.85. The molecule has 1 aliphatic carbocycles. The van der Waals surface area contributed by atoms with E-state index in [1.54, 1.807) is 0 Å². The molecule has 0 fully saturated rings. The fourth-order valence-corrected chi connectivity index (χ4v) is 1.37. The van der Waals surface area contributed by atoms with Crippen LogP contribution in [0, 0.1) is 11.3 Å². The Morgan fingerprint density at radius 1 is 1.40 bits per heavy atom. The first-order chi connectivity index (χ1) is 4.92. The Hall–Kier alpha value is -1.29. The van der Waals surface area contributed by atoms with Gasteiger partial charge < -0.3 is 0 Å². The summed E-state index contributed by atoms with van der Waals surface area (Å²) in [7, 11) is 0. The molecule has 1 heteroatoms. The highest BCUT2D eigenvalue weighted by Gasteiger charge is 2.24. The Kier molecular flexibility index (Phi) is 1.01. The third kappa shape index (κ3) is 0.563. The summed E-state index contributed by atoms with van der Waals surface area (Å²) >= 11 is 0. The second-order valence-corrected chi connectivity index (χ2v) is 2.58. The summed E-state index contributed by atoms with van der Waals surface area (Å²) in [5.41, 5.74) is 2.57. The normalized spacial score (nSPS) is 20.5. The number of nitriles is 1. The summed E-state index contributed by atoms with van der Waals surface area (Å²) < 4.78 is 0. The molecule has 0 unspecified atom stereocenters. The highest BCUT2D eigenvalue weighted by molar-refractivity contribution is 5.43. The molecule has 0 spiro atoms. The lowest BCUT2D eigenvalue weighted by atomic mass is 9.79. The van der Waals surface area contributed by atoms with Crippen molar-refractivity contribution < 1.29 is 0 Å². The average Bonchev–Trinajstić information content (AvgIpc) is 1.92. The van der Waals surface area contributed by atoms with Crippen LogP contribution >= 0.6 is 0 Å². The SMILES string of the molecule is N#C[C@H]1Cc2ccccc21. The number of nitrogens with zero attached hydrogens (tertiary/aromatic N) is 1. The van der Waals surface area contributed by atoms with Crippen LogP contribution in [0.1, 0.15) is 17.0 Å². The smallest absolute Gasteiger partial charge is 0.0755 e. The van der Waals surface area contributed by atoms with Crippen LogP contribution in [0.4, 0.5) is 0 Å². The zero-order chi connectivity index (χ0) is 6.97. The molecular formula is C9H7N. The van der Waals surface area contributed by atoms with Crippen LogP contribution in [-0.2, 0) is 6.42 Å². The standard InChI is InChI=1S/C9H7N/c10-6-8-5-7-3-1-2-4-9(7)8/h1-4,8H,5H2/t8-/m1/s1. The molecule has 1 nitrogen and oxygen atoms in total. The molecule has 1 atom stereocenters. The van der Waals surface area contributed by atoms with Gasteiger partial charge >= 0.3 is 0 Å². The monoisotopic (exact) mass is 129 g/mol. The maximum atomic E-state index is 8.58. The predicted molar refractivity (Wildman–Crippen MR) is 38.5 cm³/mol. The van der Waals surface area contributed by atoms with Gasteiger partial charge in [-0.3, -0.25) is 0 Å². The Morgan fingerprint density at radius 3 is 2.90 bits per heavy atom. The lowest BCUT2D eigenvalue weighted by Crippen LogP contribution is -2.14. The molecule has 1 aromatic rings. The molecule has 2 rings (SSSR count). The van der Waals surface area contributed by atoms with E-state index in [-0.39, 0.29) is 5.92 Å². The van der Waals surface area contributed by atoms with Crippen molar-refractivity contribution in [2.24, 2.45) is 0 Å². The molecular weight excluding hydrogens is 122 g/mol. The molecule has 10 heavy (non-hydrogen) atoms. The molecule has 0 saturated heterocycles. The van der Waals surface area contributed by atoms with Gasteiger partial charge in [0.05, 0.1) is 12.0 Å². The zero-order valence-electron chi connectivity index (χ0n) is 5.54. The molecule has 0 heterocycles. The van der Waals surface area contributed by atoms with E-state index >= 15 is 0 Å². The summed E-state index contributed by atoms with van der Waals surface area (Å²) in [6.45, 7) is 0. The first-order valence-electron chi connectivity index (χ1n) is 3.39. The lowest BCUT2D eigenvalue weighted by Gasteiger charge is -2.23. The van der Waals surface area contributed by atoms with Crippen molar-refractivity contribution in [3.05, 3.63) is 35.4 Å². The summed E-state index contributed by atoms with van der Waals surface area (Å²) in [5.74, 6) is 0.177. The van der Waals surface area contributed by atoms with Crippen LogP contribution in [0.3, 0.4) is 0 Å². The summed E-state index contributed by atoms with van der Waals surface area (Å²) in [5, 5.41) is 8.58. The molecule has 0 N–H and O–H groups in total. The Morgan fingerprint density at radius 2 is 2.20 bits per heavy atom. The van der Waals surface area contributed by atoms with Gasteiger partial charge in [-0.15, -0.1) is 0 Å². The van der Waals surface area contributed by atoms with Crippen molar-refractivity contribution in [1.82, 2.24) is 0 Å². The minimum Gasteiger partial charge on any atom is -0.198 e. The van der Waals surface area contributed by atoms with Gasteiger partial charge in [0, 0.05) is 0 Å². The van der Waals surface area contributed by atoms with Crippen LogP contribution in [0.5, 0.6) is 0 Å². The Labute approximate surface area is 59.9 Å². The zero-order valence-corrected chi connectivity index (χ0v) is 5.54. The van der Waals surface area contributed by atoms with Gasteiger partial charge in [0.15, 0.2) is 0 Å². The maximum Gasteiger partial charge on any atom is 0.0755 e. The number of rotatable bonds is 0. The molecule has 0 radical (unpaired) electrons. The summed E-state index contributed by atoms with van der Waals surface area (Å²) in [6.07, 6.45) is 0.951. The van der Waals surface area contributed by atoms with Crippen molar-refractivity contribution in [2.45, 2.75) is 12.3 Å². The minimum absolute atomic E-state index is 0.177. The van der Waals surface area contributed by atoms with E-state index in [2.05, 4.69) is 12.1 Å². The molecule has 0 amide bonds. The van der Waals surface area contributed by atoms with Gasteiger partial charge in [-0.05, 0) is 17.5 Å². The summed E-state index contributed by atoms with van der Waals surface area (Å²) in [4.78, 5) is 0. The first kappa shape index (κ1) is 5.49. The van der Waals surface area contributed by atoms with E-state index in [0.717, 1.165) is 6.42 Å². The number of fused-ring (bicyclic) bond motifs is 1. The van der Waals surface area contributed by atoms with E-state index in [9.17, 15) is 0 Å². The van der Waals surface area contributed by atoms with Crippen LogP contribution in [0.2, 0.25) is 0 Å². The van der Waals surface area contributed by atoms with Gasteiger partial charge in [0.1, 0.15) is 0 Å². The highest BCUT2D eigenvalue weighted by atomic mass is 14.3. The molecule has 0 bridgehead atoms. The van der Waals surface area contributed by atoms with Crippen molar-refractivity contribution in [1.29, 1.82) is 5.26 Å². The lowest BCUT2D eigenvalue weighted by molar-refractivity contribution is 0.745. The van der Waals surface area contributed by atoms with E-state index in [0.29, 0.717) is 0 Å². The molecule has 48 valence electrons. The van der Waals surface area contributed by atoms with Crippen molar-refractivity contribution >= 4 is 0 Å². The number of benzene rings is 1. The summed E-state index contributed by atoms with van der Waals surface area (Å²) in [6, 6.07) is 10.4. The van der Waals surface area contributed by atoms with Crippen LogP contribution in [0.25, 0.3) is 0 Å². The van der Waals surface area contributed by atoms with Crippen molar-refractivity contribution in [2.75, 3.05) is 0 Å². The van der Waals surface area contributed by atoms with Gasteiger partial charge in [0.2, 0.25) is 0 Å². The number of hydrogen-bond donors (Lipinski definition) is 0. The molecule has 0 aliphatic heterocycles. The maximum absolute atomic E-state index is 8.58. The molecule has 0 saturated carbocycles. The minimum atomic E-state index is 0.177. The average molecular weight is 129 g/mol. The van der Waals surface area contributed by atoms with Crippen molar-refractivity contribution in [3.63, 3.8) is 0 Å². The van der Waals surface area contributed by atoms with Crippen molar-refractivity contribution in [3.8, 4) is 6.07 Å². The van der Waals surface area contributed by atoms with Gasteiger partial charge in [-0.2, -0.15) is 5.26 Å². The number of hydrogen-bond acceptors (Lipinski definition) is 1. The third-order valence-electron chi connectivity index (χ3n) is 2.01. The topological polar surface area (TPSA) is 23.8 Å². The van der Waals surface area contributed by atoms with Crippen LogP contribution in [0.15, 0.2) is 24.3 Å². The Bertz CT molecular complexity index is 296. The van der Waals surface area contributed by atoms with E-state index in [1.807, 2.05) is 18.2 Å². The second-order valence-electron chi connectivity index (χ2n) is 2.58. The van der Waals surface area contributed by atoms with E-state index in [1.165, 1.54) is 11.1 Å². The van der Waals surface area contributed by atoms with Gasteiger partial charge in [-0.25, -0.2) is 0 Å². The van der Waals surface area contributed by atoms with E-state index in [4.69, 9.17) is 5.26 Å². The Balaban J connectivity index is 2.45. The van der Waals surface area contributed by atoms with Crippen LogP contribution in [-0.4, -0.2) is 0 Å². The van der Waals surface area contributed by atoms with Gasteiger partial charge in [-0.1, -0.05) is 24.3 Å². The third-order valence-corrected chi connectivity index (χ3v) is 2.01. The highest BCUT2D eigenvalue weighted by Crippen LogP contribution is 2.33. The fourth-order valence-electron chi connectivity index (χ4n) is 1.37. The molecule has 1 aliphatic rings. The quantitative estimate of drug-likeness (QED) is 0.524. The van der Waals surface area contributed by atoms with Gasteiger partial charge in [0.25, 0.3) is 0 Å². The van der Waals surface area contributed by atoms with Crippen LogP contribution < -0.4 is 0 Å². The first-order valence-corrected chi connectivity index (χ1v) is 3.39. The molecule has 1 aromatic carbocycles. The fraction of sp³-hybridized carbons (Fsp3) is 0.222.